The molecule has 1 aromatic heterocycles. The fraction of sp³-hybridized carbons (Fsp3) is 0.692. The molecule has 5 heteroatoms. The van der Waals surface area contributed by atoms with Gasteiger partial charge < -0.3 is 10.4 Å². The summed E-state index contributed by atoms with van der Waals surface area (Å²) in [7, 11) is 0. The minimum absolute atomic E-state index is 0.228. The first-order valence-corrected chi connectivity index (χ1v) is 6.66. The maximum absolute atomic E-state index is 9.31. The highest BCUT2D eigenvalue weighted by atomic mass is 16.3. The standard InChI is InChI=1S/C13H22N4O/c1-3-14-12-7-10(2)15-13(16-12)8-17-6-4-5-11(17)9-18/h7,11,18H,3-6,8-9H2,1-2H3,(H,14,15,16). The average molecular weight is 250 g/mol. The highest BCUT2D eigenvalue weighted by Crippen LogP contribution is 2.19. The van der Waals surface area contributed by atoms with Crippen LogP contribution in [-0.4, -0.2) is 45.7 Å². The van der Waals surface area contributed by atoms with E-state index in [4.69, 9.17) is 0 Å². The van der Waals surface area contributed by atoms with Crippen LogP contribution in [0.5, 0.6) is 0 Å². The van der Waals surface area contributed by atoms with E-state index in [1.165, 1.54) is 0 Å². The normalized spacial score (nSPS) is 20.3. The highest BCUT2D eigenvalue weighted by molar-refractivity contribution is 5.35. The van der Waals surface area contributed by atoms with Gasteiger partial charge in [0.25, 0.3) is 0 Å². The second-order valence-electron chi connectivity index (χ2n) is 4.79. The Labute approximate surface area is 108 Å². The Morgan fingerprint density at radius 1 is 1.50 bits per heavy atom. The van der Waals surface area contributed by atoms with Crippen LogP contribution in [0.2, 0.25) is 0 Å². The molecule has 1 aliphatic rings. The number of likely N-dealkylation sites (tertiary alicyclic amines) is 1. The molecule has 0 saturated carbocycles. The summed E-state index contributed by atoms with van der Waals surface area (Å²) in [5.74, 6) is 1.73. The fourth-order valence-electron chi connectivity index (χ4n) is 2.46. The summed E-state index contributed by atoms with van der Waals surface area (Å²) in [5, 5.41) is 12.5. The molecule has 1 aromatic rings. The van der Waals surface area contributed by atoms with Gasteiger partial charge in [-0.3, -0.25) is 4.90 Å². The van der Waals surface area contributed by atoms with E-state index in [1.54, 1.807) is 0 Å². The minimum Gasteiger partial charge on any atom is -0.395 e. The van der Waals surface area contributed by atoms with Crippen molar-refractivity contribution >= 4 is 5.82 Å². The van der Waals surface area contributed by atoms with E-state index in [1.807, 2.05) is 13.0 Å². The molecule has 2 rings (SSSR count). The number of anilines is 1. The number of hydrogen-bond acceptors (Lipinski definition) is 5. The summed E-state index contributed by atoms with van der Waals surface area (Å²) >= 11 is 0. The van der Waals surface area contributed by atoms with Crippen molar-refractivity contribution in [3.63, 3.8) is 0 Å². The summed E-state index contributed by atoms with van der Waals surface area (Å²) in [5.41, 5.74) is 0.982. The number of aromatic nitrogens is 2. The molecule has 0 spiro atoms. The Bertz CT molecular complexity index is 397. The van der Waals surface area contributed by atoms with Crippen molar-refractivity contribution in [3.05, 3.63) is 17.6 Å². The topological polar surface area (TPSA) is 61.3 Å². The molecule has 1 saturated heterocycles. The summed E-state index contributed by atoms with van der Waals surface area (Å²) in [6, 6.07) is 2.23. The van der Waals surface area contributed by atoms with E-state index in [2.05, 4.69) is 27.1 Å². The molecule has 1 fully saturated rings. The molecule has 0 aliphatic carbocycles. The number of aryl methyl sites for hydroxylation is 1. The quantitative estimate of drug-likeness (QED) is 0.821. The third kappa shape index (κ3) is 3.17. The molecule has 1 unspecified atom stereocenters. The van der Waals surface area contributed by atoms with Gasteiger partial charge in [0.2, 0.25) is 0 Å². The zero-order valence-corrected chi connectivity index (χ0v) is 11.2. The van der Waals surface area contributed by atoms with Crippen LogP contribution in [0.1, 0.15) is 31.3 Å². The molecule has 2 heterocycles. The molecule has 0 radical (unpaired) electrons. The van der Waals surface area contributed by atoms with Crippen LogP contribution in [0.4, 0.5) is 5.82 Å². The van der Waals surface area contributed by atoms with Gasteiger partial charge in [-0.05, 0) is 33.2 Å². The molecule has 0 amide bonds. The maximum atomic E-state index is 9.31. The van der Waals surface area contributed by atoms with Gasteiger partial charge >= 0.3 is 0 Å². The Morgan fingerprint density at radius 2 is 2.33 bits per heavy atom. The van der Waals surface area contributed by atoms with Crippen molar-refractivity contribution in [1.29, 1.82) is 0 Å². The first kappa shape index (κ1) is 13.2. The smallest absolute Gasteiger partial charge is 0.144 e. The molecule has 100 valence electrons. The van der Waals surface area contributed by atoms with E-state index >= 15 is 0 Å². The summed E-state index contributed by atoms with van der Waals surface area (Å²) < 4.78 is 0. The van der Waals surface area contributed by atoms with Crippen molar-refractivity contribution < 1.29 is 5.11 Å². The van der Waals surface area contributed by atoms with Crippen LogP contribution >= 0.6 is 0 Å². The van der Waals surface area contributed by atoms with Crippen molar-refractivity contribution in [2.24, 2.45) is 0 Å². The number of nitrogens with one attached hydrogen (secondary N) is 1. The zero-order chi connectivity index (χ0) is 13.0. The van der Waals surface area contributed by atoms with Crippen LogP contribution < -0.4 is 5.32 Å². The minimum atomic E-state index is 0.228. The van der Waals surface area contributed by atoms with Crippen LogP contribution in [0.15, 0.2) is 6.07 Å². The zero-order valence-electron chi connectivity index (χ0n) is 11.2. The van der Waals surface area contributed by atoms with Crippen LogP contribution in [0, 0.1) is 6.92 Å². The molecule has 0 bridgehead atoms. The van der Waals surface area contributed by atoms with E-state index in [0.29, 0.717) is 0 Å². The Balaban J connectivity index is 2.08. The molecular weight excluding hydrogens is 228 g/mol. The Morgan fingerprint density at radius 3 is 3.06 bits per heavy atom. The van der Waals surface area contributed by atoms with E-state index in [0.717, 1.165) is 49.8 Å². The largest absolute Gasteiger partial charge is 0.395 e. The lowest BCUT2D eigenvalue weighted by atomic mass is 10.2. The number of aliphatic hydroxyl groups excluding tert-OH is 1. The molecule has 18 heavy (non-hydrogen) atoms. The van der Waals surface area contributed by atoms with Gasteiger partial charge in [0.1, 0.15) is 11.6 Å². The molecule has 1 atom stereocenters. The van der Waals surface area contributed by atoms with Crippen molar-refractivity contribution in [1.82, 2.24) is 14.9 Å². The monoisotopic (exact) mass is 250 g/mol. The van der Waals surface area contributed by atoms with E-state index in [-0.39, 0.29) is 12.6 Å². The lowest BCUT2D eigenvalue weighted by molar-refractivity contribution is 0.151. The Kier molecular flexibility index (Phi) is 4.49. The second kappa shape index (κ2) is 6.11. The van der Waals surface area contributed by atoms with E-state index < -0.39 is 0 Å². The van der Waals surface area contributed by atoms with Gasteiger partial charge in [-0.1, -0.05) is 0 Å². The first-order chi connectivity index (χ1) is 8.72. The number of rotatable bonds is 5. The SMILES string of the molecule is CCNc1cc(C)nc(CN2CCCC2CO)n1. The average Bonchev–Trinajstić information content (AvgIpc) is 2.76. The van der Waals surface area contributed by atoms with Gasteiger partial charge in [-0.25, -0.2) is 9.97 Å². The van der Waals surface area contributed by atoms with Gasteiger partial charge in [0.05, 0.1) is 13.2 Å². The molecule has 2 N–H and O–H groups in total. The molecule has 5 nitrogen and oxygen atoms in total. The van der Waals surface area contributed by atoms with Gasteiger partial charge in [0, 0.05) is 24.3 Å². The van der Waals surface area contributed by atoms with Crippen LogP contribution in [-0.2, 0) is 6.54 Å². The van der Waals surface area contributed by atoms with Crippen LogP contribution in [0.3, 0.4) is 0 Å². The first-order valence-electron chi connectivity index (χ1n) is 6.66. The van der Waals surface area contributed by atoms with Gasteiger partial charge in [0.15, 0.2) is 0 Å². The van der Waals surface area contributed by atoms with Gasteiger partial charge in [-0.15, -0.1) is 0 Å². The molecule has 0 aromatic carbocycles. The predicted molar refractivity (Wildman–Crippen MR) is 71.5 cm³/mol. The lowest BCUT2D eigenvalue weighted by Crippen LogP contribution is -2.32. The van der Waals surface area contributed by atoms with Crippen molar-refractivity contribution in [3.8, 4) is 0 Å². The third-order valence-electron chi connectivity index (χ3n) is 3.31. The fourth-order valence-corrected chi connectivity index (χ4v) is 2.46. The van der Waals surface area contributed by atoms with E-state index in [9.17, 15) is 5.11 Å². The molecular formula is C13H22N4O. The Hall–Kier alpha value is -1.20. The molecule has 1 aliphatic heterocycles. The second-order valence-corrected chi connectivity index (χ2v) is 4.79. The van der Waals surface area contributed by atoms with Crippen LogP contribution in [0.25, 0.3) is 0 Å². The van der Waals surface area contributed by atoms with Crippen molar-refractivity contribution in [2.75, 3.05) is 25.0 Å². The number of hydrogen-bond donors (Lipinski definition) is 2. The predicted octanol–water partition coefficient (Wildman–Crippen LogP) is 1.17. The third-order valence-corrected chi connectivity index (χ3v) is 3.31. The number of nitrogens with zero attached hydrogens (tertiary/aromatic N) is 3. The van der Waals surface area contributed by atoms with Crippen molar-refractivity contribution in [2.45, 2.75) is 39.3 Å². The summed E-state index contributed by atoms with van der Waals surface area (Å²) in [4.78, 5) is 11.3. The number of aliphatic hydroxyl groups is 1. The summed E-state index contributed by atoms with van der Waals surface area (Å²) in [6.45, 7) is 6.88. The van der Waals surface area contributed by atoms with Gasteiger partial charge in [-0.2, -0.15) is 0 Å². The lowest BCUT2D eigenvalue weighted by Gasteiger charge is -2.21. The summed E-state index contributed by atoms with van der Waals surface area (Å²) in [6.07, 6.45) is 2.22. The maximum Gasteiger partial charge on any atom is 0.144 e. The highest BCUT2D eigenvalue weighted by Gasteiger charge is 2.24.